The summed E-state index contributed by atoms with van der Waals surface area (Å²) in [5, 5.41) is 8.58. The van der Waals surface area contributed by atoms with Crippen LogP contribution >= 0.6 is 0 Å². The molecule has 0 aliphatic rings. The number of furan rings is 1. The number of aliphatic hydroxyl groups is 1. The predicted octanol–water partition coefficient (Wildman–Crippen LogP) is 0.207. The van der Waals surface area contributed by atoms with Crippen LogP contribution in [0.4, 0.5) is 0 Å². The lowest BCUT2D eigenvalue weighted by atomic mass is 10.3. The van der Waals surface area contributed by atoms with Crippen LogP contribution in [0.15, 0.2) is 21.6 Å². The summed E-state index contributed by atoms with van der Waals surface area (Å²) in [7, 11) is -4.67. The summed E-state index contributed by atoms with van der Waals surface area (Å²) >= 11 is 0. The molecule has 0 saturated carbocycles. The second-order valence-corrected chi connectivity index (χ2v) is 7.17. The molecular formula is C10H17NO5S2. The first-order chi connectivity index (χ1) is 8.35. The van der Waals surface area contributed by atoms with Crippen LogP contribution in [0.25, 0.3) is 0 Å². The van der Waals surface area contributed by atoms with Gasteiger partial charge in [-0.25, -0.2) is 13.1 Å². The predicted molar refractivity (Wildman–Crippen MR) is 68.0 cm³/mol. The molecule has 1 heterocycles. The van der Waals surface area contributed by atoms with Gasteiger partial charge in [0.05, 0.1) is 0 Å². The molecule has 2 N–H and O–H groups in total. The lowest BCUT2D eigenvalue weighted by Crippen LogP contribution is -2.33. The van der Waals surface area contributed by atoms with Gasteiger partial charge in [0, 0.05) is 28.9 Å². The molecule has 0 radical (unpaired) electrons. The van der Waals surface area contributed by atoms with Gasteiger partial charge < -0.3 is 9.52 Å². The Labute approximate surface area is 109 Å². The molecule has 2 unspecified atom stereocenters. The average molecular weight is 295 g/mol. The van der Waals surface area contributed by atoms with Crippen molar-refractivity contribution in [3.8, 4) is 0 Å². The van der Waals surface area contributed by atoms with Crippen LogP contribution in [0, 0.1) is 0 Å². The Morgan fingerprint density at radius 3 is 2.67 bits per heavy atom. The first-order valence-electron chi connectivity index (χ1n) is 5.37. The van der Waals surface area contributed by atoms with E-state index in [1.54, 1.807) is 13.2 Å². The fourth-order valence-corrected chi connectivity index (χ4v) is 3.23. The van der Waals surface area contributed by atoms with E-state index < -0.39 is 20.8 Å². The smallest absolute Gasteiger partial charge is 0.274 e. The summed E-state index contributed by atoms with van der Waals surface area (Å²) < 4.78 is 42.0. The molecule has 0 aliphatic heterocycles. The Hall–Kier alpha value is -0.700. The van der Waals surface area contributed by atoms with Gasteiger partial charge in [-0.3, -0.25) is 4.21 Å². The van der Waals surface area contributed by atoms with E-state index in [9.17, 15) is 12.6 Å². The van der Waals surface area contributed by atoms with Crippen molar-refractivity contribution < 1.29 is 22.2 Å². The van der Waals surface area contributed by atoms with Crippen LogP contribution < -0.4 is 4.72 Å². The van der Waals surface area contributed by atoms with Crippen molar-refractivity contribution in [2.45, 2.75) is 31.1 Å². The minimum atomic E-state index is -3.72. The van der Waals surface area contributed by atoms with Crippen LogP contribution in [0.3, 0.4) is 0 Å². The highest BCUT2D eigenvalue weighted by Crippen LogP contribution is 2.14. The van der Waals surface area contributed by atoms with Crippen molar-refractivity contribution >= 4 is 20.8 Å². The van der Waals surface area contributed by atoms with E-state index in [0.717, 1.165) is 0 Å². The molecule has 1 aromatic heterocycles. The molecule has 0 amide bonds. The lowest BCUT2D eigenvalue weighted by Gasteiger charge is -2.11. The minimum absolute atomic E-state index is 0.192. The van der Waals surface area contributed by atoms with Gasteiger partial charge in [-0.05, 0) is 25.5 Å². The molecule has 18 heavy (non-hydrogen) atoms. The maximum atomic E-state index is 11.9. The molecule has 0 aromatic carbocycles. The van der Waals surface area contributed by atoms with Crippen molar-refractivity contribution in [1.82, 2.24) is 4.72 Å². The molecule has 0 saturated heterocycles. The van der Waals surface area contributed by atoms with Crippen LogP contribution in [-0.4, -0.2) is 35.8 Å². The lowest BCUT2D eigenvalue weighted by molar-refractivity contribution is 0.236. The van der Waals surface area contributed by atoms with E-state index in [2.05, 4.69) is 4.72 Å². The second kappa shape index (κ2) is 6.46. The standard InChI is InChI=1S/C10H17NO5S2/c1-8(5-6-17(2)13)11-18(14,15)10-4-3-9(7-12)16-10/h3-4,8,11-12H,5-7H2,1-2H3. The van der Waals surface area contributed by atoms with Crippen LogP contribution in [0.1, 0.15) is 19.1 Å². The summed E-state index contributed by atoms with van der Waals surface area (Å²) in [6.07, 6.45) is 2.05. The van der Waals surface area contributed by atoms with E-state index in [0.29, 0.717) is 12.2 Å². The highest BCUT2D eigenvalue weighted by molar-refractivity contribution is 7.89. The fraction of sp³-hybridized carbons (Fsp3) is 0.600. The van der Waals surface area contributed by atoms with E-state index in [4.69, 9.17) is 9.52 Å². The third-order valence-corrected chi connectivity index (χ3v) is 4.52. The number of sulfonamides is 1. The maximum Gasteiger partial charge on any atom is 0.274 e. The third-order valence-electron chi connectivity index (χ3n) is 2.25. The van der Waals surface area contributed by atoms with Gasteiger partial charge in [0.15, 0.2) is 0 Å². The SMILES string of the molecule is CC(CCS(C)=O)NS(=O)(=O)c1ccc(CO)o1. The van der Waals surface area contributed by atoms with Gasteiger partial charge in [0.1, 0.15) is 12.4 Å². The molecule has 1 aromatic rings. The summed E-state index contributed by atoms with van der Waals surface area (Å²) in [6, 6.07) is 2.36. The second-order valence-electron chi connectivity index (χ2n) is 3.97. The Balaban J connectivity index is 2.66. The van der Waals surface area contributed by atoms with Gasteiger partial charge in [-0.2, -0.15) is 0 Å². The fourth-order valence-electron chi connectivity index (χ4n) is 1.31. The zero-order valence-corrected chi connectivity index (χ0v) is 11.9. The highest BCUT2D eigenvalue weighted by Gasteiger charge is 2.21. The minimum Gasteiger partial charge on any atom is -0.446 e. The normalized spacial score (nSPS) is 15.5. The van der Waals surface area contributed by atoms with Crippen molar-refractivity contribution in [2.75, 3.05) is 12.0 Å². The van der Waals surface area contributed by atoms with Gasteiger partial charge in [0.2, 0.25) is 5.09 Å². The van der Waals surface area contributed by atoms with Crippen molar-refractivity contribution in [2.24, 2.45) is 0 Å². The van der Waals surface area contributed by atoms with Gasteiger partial charge >= 0.3 is 0 Å². The number of hydrogen-bond acceptors (Lipinski definition) is 5. The zero-order valence-electron chi connectivity index (χ0n) is 10.3. The number of nitrogens with one attached hydrogen (secondary N) is 1. The molecule has 8 heteroatoms. The van der Waals surface area contributed by atoms with Gasteiger partial charge in [-0.15, -0.1) is 0 Å². The molecule has 0 spiro atoms. The molecule has 104 valence electrons. The topological polar surface area (TPSA) is 96.6 Å². The molecule has 0 bridgehead atoms. The van der Waals surface area contributed by atoms with E-state index >= 15 is 0 Å². The molecule has 2 atom stereocenters. The molecule has 0 aliphatic carbocycles. The number of rotatable bonds is 7. The van der Waals surface area contributed by atoms with Gasteiger partial charge in [-0.1, -0.05) is 0 Å². The molecular weight excluding hydrogens is 278 g/mol. The summed E-state index contributed by atoms with van der Waals surface area (Å²) in [6.45, 7) is 1.35. The first-order valence-corrected chi connectivity index (χ1v) is 8.58. The zero-order chi connectivity index (χ0) is 13.8. The van der Waals surface area contributed by atoms with Crippen LogP contribution in [0.2, 0.25) is 0 Å². The van der Waals surface area contributed by atoms with Crippen LogP contribution in [0.5, 0.6) is 0 Å². The average Bonchev–Trinajstić information content (AvgIpc) is 2.75. The third kappa shape index (κ3) is 4.52. The Morgan fingerprint density at radius 2 is 2.17 bits per heavy atom. The van der Waals surface area contributed by atoms with Crippen molar-refractivity contribution in [1.29, 1.82) is 0 Å². The van der Waals surface area contributed by atoms with E-state index in [1.165, 1.54) is 12.1 Å². The Bertz CT molecular complexity index is 508. The molecule has 1 rings (SSSR count). The maximum absolute atomic E-state index is 11.9. The number of hydrogen-bond donors (Lipinski definition) is 2. The molecule has 0 fully saturated rings. The summed E-state index contributed by atoms with van der Waals surface area (Å²) in [5.41, 5.74) is 0. The van der Waals surface area contributed by atoms with E-state index in [-0.39, 0.29) is 23.5 Å². The first kappa shape index (κ1) is 15.4. The highest BCUT2D eigenvalue weighted by atomic mass is 32.2. The molecule has 6 nitrogen and oxygen atoms in total. The summed E-state index contributed by atoms with van der Waals surface area (Å²) in [4.78, 5) is 0. The van der Waals surface area contributed by atoms with E-state index in [1.807, 2.05) is 0 Å². The Morgan fingerprint density at radius 1 is 1.50 bits per heavy atom. The largest absolute Gasteiger partial charge is 0.446 e. The van der Waals surface area contributed by atoms with Crippen molar-refractivity contribution in [3.63, 3.8) is 0 Å². The monoisotopic (exact) mass is 295 g/mol. The number of aliphatic hydroxyl groups excluding tert-OH is 1. The summed E-state index contributed by atoms with van der Waals surface area (Å²) in [5.74, 6) is 0.627. The van der Waals surface area contributed by atoms with Gasteiger partial charge in [0.25, 0.3) is 10.0 Å². The van der Waals surface area contributed by atoms with Crippen molar-refractivity contribution in [3.05, 3.63) is 17.9 Å². The Kier molecular flexibility index (Phi) is 5.51. The van der Waals surface area contributed by atoms with Crippen LogP contribution in [-0.2, 0) is 27.4 Å². The quantitative estimate of drug-likeness (QED) is 0.749.